The molecule has 0 fully saturated rings. The van der Waals surface area contributed by atoms with Gasteiger partial charge in [-0.3, -0.25) is 0 Å². The molecule has 0 amide bonds. The van der Waals surface area contributed by atoms with Gasteiger partial charge in [-0.1, -0.05) is 23.7 Å². The minimum absolute atomic E-state index is 0.180. The number of hydrogen-bond acceptors (Lipinski definition) is 1. The van der Waals surface area contributed by atoms with Gasteiger partial charge < -0.3 is 4.74 Å². The molecule has 1 nitrogen and oxygen atoms in total. The predicted octanol–water partition coefficient (Wildman–Crippen LogP) is 3.68. The molecule has 0 saturated carbocycles. The predicted molar refractivity (Wildman–Crippen MR) is 59.0 cm³/mol. The molecule has 0 bridgehead atoms. The van der Waals surface area contributed by atoms with E-state index >= 15 is 0 Å². The van der Waals surface area contributed by atoms with E-state index in [1.54, 1.807) is 30.4 Å². The molecule has 2 rings (SSSR count). The molecule has 1 aromatic rings. The Bertz CT molecular complexity index is 424. The van der Waals surface area contributed by atoms with Crippen molar-refractivity contribution in [3.05, 3.63) is 52.8 Å². The van der Waals surface area contributed by atoms with Crippen molar-refractivity contribution in [2.45, 2.75) is 6.42 Å². The van der Waals surface area contributed by atoms with Gasteiger partial charge in [0.15, 0.2) is 0 Å². The number of fused-ring (bicyclic) bond motifs is 1. The topological polar surface area (TPSA) is 9.23 Å². The van der Waals surface area contributed by atoms with Crippen LogP contribution in [0.2, 0.25) is 5.02 Å². The maximum atomic E-state index is 13.3. The highest BCUT2D eigenvalue weighted by Crippen LogP contribution is 2.26. The Labute approximate surface area is 92.8 Å². The van der Waals surface area contributed by atoms with Crippen molar-refractivity contribution in [3.8, 4) is 5.75 Å². The summed E-state index contributed by atoms with van der Waals surface area (Å²) in [6.45, 7) is 0.428. The van der Waals surface area contributed by atoms with E-state index in [2.05, 4.69) is 0 Å². The van der Waals surface area contributed by atoms with E-state index in [0.29, 0.717) is 17.4 Å². The molecule has 1 aliphatic rings. The summed E-state index contributed by atoms with van der Waals surface area (Å²) in [5, 5.41) is 0.598. The highest BCUT2D eigenvalue weighted by atomic mass is 35.5. The first-order valence-corrected chi connectivity index (χ1v) is 5.06. The van der Waals surface area contributed by atoms with E-state index in [1.165, 1.54) is 6.08 Å². The molecule has 0 atom stereocenters. The maximum Gasteiger partial charge on any atom is 0.124 e. The summed E-state index contributed by atoms with van der Waals surface area (Å²) in [4.78, 5) is 0. The molecule has 1 aliphatic heterocycles. The van der Waals surface area contributed by atoms with Crippen molar-refractivity contribution >= 4 is 11.6 Å². The molecule has 15 heavy (non-hydrogen) atoms. The second kappa shape index (κ2) is 4.49. The van der Waals surface area contributed by atoms with Crippen LogP contribution < -0.4 is 4.74 Å². The van der Waals surface area contributed by atoms with Crippen LogP contribution in [0.25, 0.3) is 0 Å². The molecule has 0 spiro atoms. The fraction of sp³-hybridized carbons (Fsp3) is 0.167. The molecule has 0 radical (unpaired) electrons. The van der Waals surface area contributed by atoms with E-state index in [-0.39, 0.29) is 12.2 Å². The van der Waals surface area contributed by atoms with Crippen LogP contribution in [-0.2, 0) is 6.42 Å². The van der Waals surface area contributed by atoms with Gasteiger partial charge in [-0.05, 0) is 24.3 Å². The lowest BCUT2D eigenvalue weighted by molar-refractivity contribution is 0.359. The second-order valence-corrected chi connectivity index (χ2v) is 3.72. The third kappa shape index (κ3) is 2.60. The minimum Gasteiger partial charge on any atom is -0.489 e. The zero-order valence-electron chi connectivity index (χ0n) is 8.04. The summed E-state index contributed by atoms with van der Waals surface area (Å²) in [6, 6.07) is 5.24. The van der Waals surface area contributed by atoms with Crippen LogP contribution in [0.5, 0.6) is 5.75 Å². The highest BCUT2D eigenvalue weighted by molar-refractivity contribution is 6.30. The lowest BCUT2D eigenvalue weighted by atomic mass is 10.1. The normalized spacial score (nSPS) is 21.1. The first-order chi connectivity index (χ1) is 7.25. The third-order valence-corrected chi connectivity index (χ3v) is 2.37. The molecule has 0 N–H and O–H groups in total. The van der Waals surface area contributed by atoms with Crippen LogP contribution in [0.4, 0.5) is 4.39 Å². The summed E-state index contributed by atoms with van der Waals surface area (Å²) in [5.74, 6) is 0.470. The van der Waals surface area contributed by atoms with E-state index in [9.17, 15) is 4.39 Å². The zero-order valence-corrected chi connectivity index (χ0v) is 8.80. The van der Waals surface area contributed by atoms with Crippen LogP contribution in [-0.4, -0.2) is 6.61 Å². The lowest BCUT2D eigenvalue weighted by Crippen LogP contribution is -1.97. The number of rotatable bonds is 0. The third-order valence-electron chi connectivity index (χ3n) is 2.14. The number of ether oxygens (including phenoxy) is 1. The molecular weight excluding hydrogens is 215 g/mol. The fourth-order valence-corrected chi connectivity index (χ4v) is 1.58. The molecule has 78 valence electrons. The van der Waals surface area contributed by atoms with Crippen molar-refractivity contribution in [2.75, 3.05) is 6.61 Å². The summed E-state index contributed by atoms with van der Waals surface area (Å²) in [7, 11) is 0. The molecular formula is C12H10ClFO. The van der Waals surface area contributed by atoms with Gasteiger partial charge in [-0.25, -0.2) is 4.39 Å². The standard InChI is InChI=1S/C12H10ClFO/c13-10-5-4-9-7-11(14)3-1-2-6-15-12(9)8-10/h1-5,8H,6-7H2/b2-1-,11-3+. The molecule has 0 saturated heterocycles. The fourth-order valence-electron chi connectivity index (χ4n) is 1.42. The first kappa shape index (κ1) is 10.2. The summed E-state index contributed by atoms with van der Waals surface area (Å²) < 4.78 is 18.8. The number of halogens is 2. The van der Waals surface area contributed by atoms with Gasteiger partial charge in [0.05, 0.1) is 0 Å². The van der Waals surface area contributed by atoms with Crippen molar-refractivity contribution in [2.24, 2.45) is 0 Å². The summed E-state index contributed by atoms with van der Waals surface area (Å²) >= 11 is 5.84. The van der Waals surface area contributed by atoms with Gasteiger partial charge in [-0.15, -0.1) is 0 Å². The van der Waals surface area contributed by atoms with Crippen molar-refractivity contribution in [1.82, 2.24) is 0 Å². The van der Waals surface area contributed by atoms with Gasteiger partial charge in [0.2, 0.25) is 0 Å². The van der Waals surface area contributed by atoms with Crippen LogP contribution in [0.3, 0.4) is 0 Å². The van der Waals surface area contributed by atoms with Crippen molar-refractivity contribution in [3.63, 3.8) is 0 Å². The monoisotopic (exact) mass is 224 g/mol. The SMILES string of the molecule is F/C1=C/C=C\COc2cc(Cl)ccc2C1. The summed E-state index contributed by atoms with van der Waals surface area (Å²) in [5.41, 5.74) is 0.817. The van der Waals surface area contributed by atoms with E-state index < -0.39 is 0 Å². The summed E-state index contributed by atoms with van der Waals surface area (Å²) in [6.07, 6.45) is 5.11. The molecule has 3 heteroatoms. The Morgan fingerprint density at radius 2 is 2.20 bits per heavy atom. The van der Waals surface area contributed by atoms with Crippen LogP contribution in [0.1, 0.15) is 5.56 Å². The van der Waals surface area contributed by atoms with Gasteiger partial charge in [0, 0.05) is 17.0 Å². The second-order valence-electron chi connectivity index (χ2n) is 3.28. The Morgan fingerprint density at radius 3 is 3.07 bits per heavy atom. The van der Waals surface area contributed by atoms with E-state index in [0.717, 1.165) is 5.56 Å². The molecule has 1 heterocycles. The van der Waals surface area contributed by atoms with Gasteiger partial charge in [-0.2, -0.15) is 0 Å². The Morgan fingerprint density at radius 1 is 1.33 bits per heavy atom. The lowest BCUT2D eigenvalue weighted by Gasteiger charge is -2.09. The van der Waals surface area contributed by atoms with Crippen molar-refractivity contribution < 1.29 is 9.13 Å². The Balaban J connectivity index is 2.38. The minimum atomic E-state index is -0.180. The average Bonchev–Trinajstić information content (AvgIpc) is 2.28. The van der Waals surface area contributed by atoms with E-state index in [4.69, 9.17) is 16.3 Å². The maximum absolute atomic E-state index is 13.3. The van der Waals surface area contributed by atoms with Gasteiger partial charge >= 0.3 is 0 Å². The quantitative estimate of drug-likeness (QED) is 0.653. The van der Waals surface area contributed by atoms with Crippen molar-refractivity contribution in [1.29, 1.82) is 0 Å². The first-order valence-electron chi connectivity index (χ1n) is 4.68. The van der Waals surface area contributed by atoms with E-state index in [1.807, 2.05) is 0 Å². The van der Waals surface area contributed by atoms with Crippen LogP contribution in [0, 0.1) is 0 Å². The van der Waals surface area contributed by atoms with Gasteiger partial charge in [0.25, 0.3) is 0 Å². The van der Waals surface area contributed by atoms with Crippen LogP contribution >= 0.6 is 11.6 Å². The number of hydrogen-bond donors (Lipinski definition) is 0. The molecule has 0 aromatic heterocycles. The zero-order chi connectivity index (χ0) is 10.7. The molecule has 0 unspecified atom stereocenters. The Kier molecular flexibility index (Phi) is 3.07. The largest absolute Gasteiger partial charge is 0.489 e. The smallest absolute Gasteiger partial charge is 0.124 e. The molecule has 0 aliphatic carbocycles. The Hall–Kier alpha value is -1.28. The van der Waals surface area contributed by atoms with Crippen LogP contribution in [0.15, 0.2) is 42.3 Å². The number of allylic oxidation sites excluding steroid dienone is 3. The highest BCUT2D eigenvalue weighted by Gasteiger charge is 2.07. The average molecular weight is 225 g/mol. The molecule has 1 aromatic carbocycles. The van der Waals surface area contributed by atoms with Gasteiger partial charge in [0.1, 0.15) is 18.2 Å². The number of benzene rings is 1.